The van der Waals surface area contributed by atoms with Gasteiger partial charge in [0.05, 0.1) is 10.2 Å². The number of rotatable bonds is 3. The Hall–Kier alpha value is -1.95. The molecule has 1 aromatic heterocycles. The number of hydrogen-bond donors (Lipinski definition) is 2. The van der Waals surface area contributed by atoms with Crippen LogP contribution in [0.1, 0.15) is 20.3 Å². The average molecular weight is 263 g/mol. The van der Waals surface area contributed by atoms with E-state index in [9.17, 15) is 9.59 Å². The second kappa shape index (κ2) is 5.14. The molecule has 0 bridgehead atoms. The predicted molar refractivity (Wildman–Crippen MR) is 72.8 cm³/mol. The van der Waals surface area contributed by atoms with Crippen molar-refractivity contribution in [2.24, 2.45) is 0 Å². The molecule has 0 unspecified atom stereocenters. The molecule has 0 radical (unpaired) electrons. The summed E-state index contributed by atoms with van der Waals surface area (Å²) in [7, 11) is 0. The van der Waals surface area contributed by atoms with Crippen molar-refractivity contribution in [1.82, 2.24) is 4.98 Å². The number of amides is 2. The number of carbonyl (C=O) groups is 2. The largest absolute Gasteiger partial charge is 0.326 e. The van der Waals surface area contributed by atoms with Crippen LogP contribution in [0.15, 0.2) is 18.2 Å². The third kappa shape index (κ3) is 2.84. The van der Waals surface area contributed by atoms with Gasteiger partial charge in [-0.3, -0.25) is 9.59 Å². The van der Waals surface area contributed by atoms with Crippen LogP contribution in [-0.2, 0) is 9.59 Å². The Labute approximate surface area is 108 Å². The first-order chi connectivity index (χ1) is 8.58. The smallest absolute Gasteiger partial charge is 0.224 e. The lowest BCUT2D eigenvalue weighted by Gasteiger charge is -2.02. The highest BCUT2D eigenvalue weighted by molar-refractivity contribution is 7.22. The van der Waals surface area contributed by atoms with E-state index in [1.165, 1.54) is 18.3 Å². The lowest BCUT2D eigenvalue weighted by Crippen LogP contribution is -2.08. The molecule has 2 N–H and O–H groups in total. The zero-order valence-corrected chi connectivity index (χ0v) is 10.9. The van der Waals surface area contributed by atoms with Crippen LogP contribution in [0.4, 0.5) is 10.8 Å². The number of nitrogens with one attached hydrogen (secondary N) is 2. The summed E-state index contributed by atoms with van der Waals surface area (Å²) in [6.07, 6.45) is 0.442. The van der Waals surface area contributed by atoms with Crippen molar-refractivity contribution in [3.05, 3.63) is 18.2 Å². The highest BCUT2D eigenvalue weighted by Crippen LogP contribution is 2.28. The Balaban J connectivity index is 2.27. The SMILES string of the molecule is CCC(=O)Nc1ccc2nc(NC(C)=O)sc2c1. The molecular weight excluding hydrogens is 250 g/mol. The predicted octanol–water partition coefficient (Wildman–Crippen LogP) is 2.60. The minimum Gasteiger partial charge on any atom is -0.326 e. The molecule has 0 aliphatic heterocycles. The molecule has 2 rings (SSSR count). The van der Waals surface area contributed by atoms with Crippen LogP contribution in [0.2, 0.25) is 0 Å². The fourth-order valence-electron chi connectivity index (χ4n) is 1.46. The van der Waals surface area contributed by atoms with Gasteiger partial charge in [-0.25, -0.2) is 4.98 Å². The van der Waals surface area contributed by atoms with Crippen molar-refractivity contribution >= 4 is 44.2 Å². The first-order valence-corrected chi connectivity index (χ1v) is 6.38. The molecule has 18 heavy (non-hydrogen) atoms. The Morgan fingerprint density at radius 2 is 2.11 bits per heavy atom. The number of anilines is 2. The summed E-state index contributed by atoms with van der Waals surface area (Å²) in [6.45, 7) is 3.24. The van der Waals surface area contributed by atoms with Crippen LogP contribution in [0.5, 0.6) is 0 Å². The summed E-state index contributed by atoms with van der Waals surface area (Å²) in [6, 6.07) is 5.47. The lowest BCUT2D eigenvalue weighted by molar-refractivity contribution is -0.116. The van der Waals surface area contributed by atoms with E-state index in [2.05, 4.69) is 15.6 Å². The number of fused-ring (bicyclic) bond motifs is 1. The van der Waals surface area contributed by atoms with Crippen molar-refractivity contribution < 1.29 is 9.59 Å². The maximum Gasteiger partial charge on any atom is 0.224 e. The van der Waals surface area contributed by atoms with Crippen LogP contribution in [0, 0.1) is 0 Å². The van der Waals surface area contributed by atoms with E-state index >= 15 is 0 Å². The molecular formula is C12H13N3O2S. The van der Waals surface area contributed by atoms with Gasteiger partial charge in [0, 0.05) is 19.0 Å². The molecule has 0 aliphatic rings. The molecule has 0 aliphatic carbocycles. The summed E-state index contributed by atoms with van der Waals surface area (Å²) in [5.41, 5.74) is 1.55. The molecule has 2 aromatic rings. The average Bonchev–Trinajstić information content (AvgIpc) is 2.69. The number of benzene rings is 1. The van der Waals surface area contributed by atoms with Crippen LogP contribution in [0.3, 0.4) is 0 Å². The molecule has 5 nitrogen and oxygen atoms in total. The van der Waals surface area contributed by atoms with Gasteiger partial charge in [-0.05, 0) is 18.2 Å². The highest BCUT2D eigenvalue weighted by Gasteiger charge is 2.06. The molecule has 6 heteroatoms. The number of hydrogen-bond acceptors (Lipinski definition) is 4. The fourth-order valence-corrected chi connectivity index (χ4v) is 2.41. The van der Waals surface area contributed by atoms with Gasteiger partial charge in [0.25, 0.3) is 0 Å². The van der Waals surface area contributed by atoms with Crippen LogP contribution < -0.4 is 10.6 Å². The molecule has 0 atom stereocenters. The normalized spacial score (nSPS) is 10.3. The molecule has 0 spiro atoms. The van der Waals surface area contributed by atoms with Crippen molar-refractivity contribution in [1.29, 1.82) is 0 Å². The first kappa shape index (κ1) is 12.5. The molecule has 2 amide bonds. The minimum absolute atomic E-state index is 0.0269. The van der Waals surface area contributed by atoms with Crippen molar-refractivity contribution in [3.8, 4) is 0 Å². The maximum absolute atomic E-state index is 11.3. The minimum atomic E-state index is -0.145. The van der Waals surface area contributed by atoms with Gasteiger partial charge < -0.3 is 10.6 Å². The van der Waals surface area contributed by atoms with Crippen molar-refractivity contribution in [2.45, 2.75) is 20.3 Å². The van der Waals surface area contributed by atoms with E-state index in [1.807, 2.05) is 12.1 Å². The Morgan fingerprint density at radius 3 is 2.78 bits per heavy atom. The van der Waals surface area contributed by atoms with Gasteiger partial charge in [-0.1, -0.05) is 18.3 Å². The summed E-state index contributed by atoms with van der Waals surface area (Å²) in [4.78, 5) is 26.5. The van der Waals surface area contributed by atoms with Crippen LogP contribution in [-0.4, -0.2) is 16.8 Å². The van der Waals surface area contributed by atoms with E-state index < -0.39 is 0 Å². The monoisotopic (exact) mass is 263 g/mol. The Bertz CT molecular complexity index is 606. The Morgan fingerprint density at radius 1 is 1.33 bits per heavy atom. The van der Waals surface area contributed by atoms with Crippen molar-refractivity contribution in [3.63, 3.8) is 0 Å². The summed E-state index contributed by atoms with van der Waals surface area (Å²) in [5, 5.41) is 6.00. The fraction of sp³-hybridized carbons (Fsp3) is 0.250. The second-order valence-corrected chi connectivity index (χ2v) is 4.82. The van der Waals surface area contributed by atoms with Gasteiger partial charge in [-0.15, -0.1) is 0 Å². The van der Waals surface area contributed by atoms with Crippen molar-refractivity contribution in [2.75, 3.05) is 10.6 Å². The Kier molecular flexibility index (Phi) is 3.57. The molecule has 0 fully saturated rings. The van der Waals surface area contributed by atoms with Crippen LogP contribution >= 0.6 is 11.3 Å². The van der Waals surface area contributed by atoms with E-state index in [0.717, 1.165) is 15.9 Å². The number of thiazole rings is 1. The van der Waals surface area contributed by atoms with E-state index in [-0.39, 0.29) is 11.8 Å². The second-order valence-electron chi connectivity index (χ2n) is 3.78. The summed E-state index contributed by atoms with van der Waals surface area (Å²) < 4.78 is 0.924. The number of carbonyl (C=O) groups excluding carboxylic acids is 2. The van der Waals surface area contributed by atoms with Gasteiger partial charge >= 0.3 is 0 Å². The third-order valence-electron chi connectivity index (χ3n) is 2.28. The molecule has 0 saturated carbocycles. The summed E-state index contributed by atoms with van der Waals surface area (Å²) in [5.74, 6) is -0.172. The quantitative estimate of drug-likeness (QED) is 0.894. The van der Waals surface area contributed by atoms with Gasteiger partial charge in [-0.2, -0.15) is 0 Å². The molecule has 1 heterocycles. The lowest BCUT2D eigenvalue weighted by atomic mass is 10.3. The zero-order valence-electron chi connectivity index (χ0n) is 10.1. The molecule has 0 saturated heterocycles. The van der Waals surface area contributed by atoms with Gasteiger partial charge in [0.2, 0.25) is 11.8 Å². The van der Waals surface area contributed by atoms with E-state index in [0.29, 0.717) is 11.6 Å². The first-order valence-electron chi connectivity index (χ1n) is 5.56. The summed E-state index contributed by atoms with van der Waals surface area (Å²) >= 11 is 1.38. The number of nitrogens with zero attached hydrogens (tertiary/aromatic N) is 1. The third-order valence-corrected chi connectivity index (χ3v) is 3.21. The zero-order chi connectivity index (χ0) is 13.1. The van der Waals surface area contributed by atoms with Gasteiger partial charge in [0.1, 0.15) is 0 Å². The molecule has 94 valence electrons. The standard InChI is InChI=1S/C12H13N3O2S/c1-3-11(17)14-8-4-5-9-10(6-8)18-12(15-9)13-7(2)16/h4-6H,3H2,1-2H3,(H,14,17)(H,13,15,16). The van der Waals surface area contributed by atoms with Gasteiger partial charge in [0.15, 0.2) is 5.13 Å². The topological polar surface area (TPSA) is 71.1 Å². The molecule has 1 aromatic carbocycles. The van der Waals surface area contributed by atoms with E-state index in [4.69, 9.17) is 0 Å². The number of aromatic nitrogens is 1. The highest BCUT2D eigenvalue weighted by atomic mass is 32.1. The van der Waals surface area contributed by atoms with E-state index in [1.54, 1.807) is 13.0 Å². The van der Waals surface area contributed by atoms with Crippen LogP contribution in [0.25, 0.3) is 10.2 Å². The maximum atomic E-state index is 11.3.